The van der Waals surface area contributed by atoms with Gasteiger partial charge in [0.1, 0.15) is 11.1 Å². The van der Waals surface area contributed by atoms with Crippen molar-refractivity contribution in [3.8, 4) is 0 Å². The average Bonchev–Trinajstić information content (AvgIpc) is 2.59. The zero-order valence-corrected chi connectivity index (χ0v) is 13.9. The molecule has 0 saturated heterocycles. The molecule has 0 atom stereocenters. The lowest BCUT2D eigenvalue weighted by atomic mass is 10.2. The van der Waals surface area contributed by atoms with Gasteiger partial charge in [-0.15, -0.1) is 5.10 Å². The molecule has 1 heterocycles. The Labute approximate surface area is 145 Å². The first-order valence-electron chi connectivity index (χ1n) is 6.97. The molecule has 6 nitrogen and oxygen atoms in total. The topological polar surface area (TPSA) is 97.7 Å². The first-order chi connectivity index (χ1) is 11.5. The number of nitrogens with zero attached hydrogens (tertiary/aromatic N) is 1. The Morgan fingerprint density at radius 1 is 1.08 bits per heavy atom. The van der Waals surface area contributed by atoms with Crippen molar-refractivity contribution >= 4 is 38.7 Å². The summed E-state index contributed by atoms with van der Waals surface area (Å²) >= 11 is 3.30. The van der Waals surface area contributed by atoms with Crippen LogP contribution in [-0.4, -0.2) is 11.8 Å². The Morgan fingerprint density at radius 3 is 2.50 bits per heavy atom. The van der Waals surface area contributed by atoms with Crippen LogP contribution < -0.4 is 16.7 Å². The van der Waals surface area contributed by atoms with Crippen LogP contribution in [0.15, 0.2) is 68.6 Å². The predicted octanol–water partition coefficient (Wildman–Crippen LogP) is 2.54. The largest absolute Gasteiger partial charge is 0.436 e. The van der Waals surface area contributed by atoms with Crippen LogP contribution in [-0.2, 0) is 0 Å². The van der Waals surface area contributed by atoms with Crippen LogP contribution in [0.5, 0.6) is 0 Å². The molecule has 0 saturated carbocycles. The third-order valence-corrected chi connectivity index (χ3v) is 3.82. The van der Waals surface area contributed by atoms with E-state index in [4.69, 9.17) is 10.2 Å². The maximum atomic E-state index is 12.1. The van der Waals surface area contributed by atoms with Gasteiger partial charge in [0.25, 0.3) is 11.8 Å². The van der Waals surface area contributed by atoms with Gasteiger partial charge in [-0.05, 0) is 36.4 Å². The third-order valence-electron chi connectivity index (χ3n) is 3.29. The van der Waals surface area contributed by atoms with Crippen molar-refractivity contribution in [1.29, 1.82) is 0 Å². The van der Waals surface area contributed by atoms with Gasteiger partial charge in [-0.2, -0.15) is 0 Å². The lowest BCUT2D eigenvalue weighted by molar-refractivity contribution is 0.0946. The molecule has 0 aliphatic carbocycles. The fourth-order valence-corrected chi connectivity index (χ4v) is 2.36. The normalized spacial score (nSPS) is 11.5. The van der Waals surface area contributed by atoms with Crippen molar-refractivity contribution in [3.63, 3.8) is 0 Å². The second kappa shape index (κ2) is 6.67. The highest BCUT2D eigenvalue weighted by atomic mass is 79.9. The molecule has 0 spiro atoms. The molecule has 2 aromatic carbocycles. The van der Waals surface area contributed by atoms with Crippen molar-refractivity contribution in [2.45, 2.75) is 0 Å². The maximum Gasteiger partial charge on any atom is 0.271 e. The van der Waals surface area contributed by atoms with Crippen LogP contribution in [0.25, 0.3) is 11.0 Å². The zero-order chi connectivity index (χ0) is 17.1. The number of para-hydroxylation sites is 1. The number of fused-ring (bicyclic) bond motifs is 1. The van der Waals surface area contributed by atoms with Crippen molar-refractivity contribution in [3.05, 3.63) is 75.8 Å². The van der Waals surface area contributed by atoms with Crippen LogP contribution in [0.2, 0.25) is 0 Å². The van der Waals surface area contributed by atoms with Crippen molar-refractivity contribution in [1.82, 2.24) is 5.43 Å². The van der Waals surface area contributed by atoms with Gasteiger partial charge in [0.05, 0.1) is 0 Å². The van der Waals surface area contributed by atoms with Crippen LogP contribution >= 0.6 is 15.9 Å². The highest BCUT2D eigenvalue weighted by Gasteiger charge is 2.10. The summed E-state index contributed by atoms with van der Waals surface area (Å²) in [5.41, 5.74) is 8.71. The van der Waals surface area contributed by atoms with Gasteiger partial charge >= 0.3 is 0 Å². The molecule has 3 rings (SSSR count). The molecule has 0 fully saturated rings. The summed E-state index contributed by atoms with van der Waals surface area (Å²) in [4.78, 5) is 23.7. The number of hydrogen-bond acceptors (Lipinski definition) is 4. The maximum absolute atomic E-state index is 12.1. The number of amides is 2. The van der Waals surface area contributed by atoms with Gasteiger partial charge in [0.15, 0.2) is 0 Å². The molecular weight excluding hydrogens is 374 g/mol. The Morgan fingerprint density at radius 2 is 1.79 bits per heavy atom. The standard InChI is InChI=1S/C17H12BrN3O3/c18-12-7-5-10(6-8-12)16(23)20-21-17-13(15(19)22)9-11-3-1-2-4-14(11)24-17/h1-9H,(H2,19,22)(H,20,23). The summed E-state index contributed by atoms with van der Waals surface area (Å²) in [5.74, 6) is -1.12. The van der Waals surface area contributed by atoms with E-state index in [-0.39, 0.29) is 11.1 Å². The first-order valence-corrected chi connectivity index (χ1v) is 7.76. The minimum Gasteiger partial charge on any atom is -0.436 e. The lowest BCUT2D eigenvalue weighted by Gasteiger charge is -2.03. The second-order valence-corrected chi connectivity index (χ2v) is 5.84. The summed E-state index contributed by atoms with van der Waals surface area (Å²) in [6.45, 7) is 0. The van der Waals surface area contributed by atoms with Gasteiger partial charge < -0.3 is 10.2 Å². The van der Waals surface area contributed by atoms with Crippen LogP contribution in [0.1, 0.15) is 20.7 Å². The van der Waals surface area contributed by atoms with E-state index in [1.54, 1.807) is 48.5 Å². The zero-order valence-electron chi connectivity index (χ0n) is 12.3. The lowest BCUT2D eigenvalue weighted by Crippen LogP contribution is -2.27. The quantitative estimate of drug-likeness (QED) is 0.677. The number of primary amides is 1. The van der Waals surface area contributed by atoms with Crippen molar-refractivity contribution in [2.75, 3.05) is 0 Å². The molecular formula is C17H12BrN3O3. The minimum atomic E-state index is -0.693. The highest BCUT2D eigenvalue weighted by Crippen LogP contribution is 2.12. The SMILES string of the molecule is NC(=O)c1cc2ccccc2oc1=NNC(=O)c1ccc(Br)cc1. The molecule has 0 aliphatic rings. The molecule has 0 bridgehead atoms. The summed E-state index contributed by atoms with van der Waals surface area (Å²) in [5, 5.41) is 4.61. The molecule has 7 heteroatoms. The molecule has 0 aliphatic heterocycles. The van der Waals surface area contributed by atoms with Gasteiger partial charge in [0, 0.05) is 15.4 Å². The van der Waals surface area contributed by atoms with Crippen molar-refractivity contribution in [2.24, 2.45) is 10.8 Å². The number of hydrogen-bond donors (Lipinski definition) is 2. The number of carbonyl (C=O) groups is 2. The number of halogens is 1. The smallest absolute Gasteiger partial charge is 0.271 e. The molecule has 0 radical (unpaired) electrons. The first kappa shape index (κ1) is 15.9. The average molecular weight is 386 g/mol. The van der Waals surface area contributed by atoms with Gasteiger partial charge in [-0.25, -0.2) is 5.43 Å². The second-order valence-electron chi connectivity index (χ2n) is 4.93. The van der Waals surface area contributed by atoms with Crippen LogP contribution in [0.4, 0.5) is 0 Å². The number of carbonyl (C=O) groups excluding carboxylic acids is 2. The summed E-state index contributed by atoms with van der Waals surface area (Å²) in [6, 6.07) is 15.5. The Balaban J connectivity index is 1.99. The molecule has 2 amide bonds. The fraction of sp³-hybridized carbons (Fsp3) is 0. The molecule has 3 aromatic rings. The van der Waals surface area contributed by atoms with E-state index in [1.165, 1.54) is 0 Å². The summed E-state index contributed by atoms with van der Waals surface area (Å²) in [7, 11) is 0. The van der Waals surface area contributed by atoms with Crippen molar-refractivity contribution < 1.29 is 14.0 Å². The summed E-state index contributed by atoms with van der Waals surface area (Å²) < 4.78 is 6.43. The predicted molar refractivity (Wildman–Crippen MR) is 91.9 cm³/mol. The molecule has 1 aromatic heterocycles. The van der Waals surface area contributed by atoms with Crippen LogP contribution in [0, 0.1) is 0 Å². The number of benzene rings is 2. The van der Waals surface area contributed by atoms with Crippen LogP contribution in [0.3, 0.4) is 0 Å². The Kier molecular flexibility index (Phi) is 4.43. The Bertz CT molecular complexity index is 994. The molecule has 24 heavy (non-hydrogen) atoms. The number of nitrogens with two attached hydrogens (primary N) is 1. The van der Waals surface area contributed by atoms with E-state index in [0.29, 0.717) is 16.5 Å². The number of nitrogens with one attached hydrogen (secondary N) is 1. The van der Waals surface area contributed by atoms with E-state index in [0.717, 1.165) is 4.47 Å². The van der Waals surface area contributed by atoms with Gasteiger partial charge in [0.2, 0.25) is 5.55 Å². The molecule has 120 valence electrons. The molecule has 3 N–H and O–H groups in total. The molecule has 0 unspecified atom stereocenters. The van der Waals surface area contributed by atoms with Gasteiger partial charge in [-0.3, -0.25) is 9.59 Å². The minimum absolute atomic E-state index is 0.0494. The fourth-order valence-electron chi connectivity index (χ4n) is 2.10. The van der Waals surface area contributed by atoms with E-state index in [1.807, 2.05) is 6.07 Å². The summed E-state index contributed by atoms with van der Waals surface area (Å²) in [6.07, 6.45) is 0. The van der Waals surface area contributed by atoms with Gasteiger partial charge in [-0.1, -0.05) is 34.1 Å². The third kappa shape index (κ3) is 3.36. The van der Waals surface area contributed by atoms with E-state index < -0.39 is 11.8 Å². The number of rotatable bonds is 3. The van der Waals surface area contributed by atoms with E-state index in [9.17, 15) is 9.59 Å². The van der Waals surface area contributed by atoms with E-state index in [2.05, 4.69) is 26.5 Å². The Hall–Kier alpha value is -2.93. The monoisotopic (exact) mass is 385 g/mol. The highest BCUT2D eigenvalue weighted by molar-refractivity contribution is 9.10. The van der Waals surface area contributed by atoms with E-state index >= 15 is 0 Å².